The average molecular weight is 354 g/mol. The van der Waals surface area contributed by atoms with Crippen LogP contribution in [0.4, 0.5) is 5.69 Å². The molecule has 0 spiro atoms. The van der Waals surface area contributed by atoms with Crippen molar-refractivity contribution in [3.8, 4) is 0 Å². The van der Waals surface area contributed by atoms with Crippen LogP contribution in [0.2, 0.25) is 5.02 Å². The van der Waals surface area contributed by atoms with Gasteiger partial charge in [-0.2, -0.15) is 0 Å². The van der Waals surface area contributed by atoms with E-state index in [1.54, 1.807) is 24.1 Å². The van der Waals surface area contributed by atoms with Crippen LogP contribution < -0.4 is 10.9 Å². The number of amides is 1. The molecule has 0 bridgehead atoms. The zero-order chi connectivity index (χ0) is 17.6. The van der Waals surface area contributed by atoms with E-state index in [9.17, 15) is 9.59 Å². The molecular weight excluding hydrogens is 338 g/mol. The number of hydrogen-bond donors (Lipinski definition) is 2. The third kappa shape index (κ3) is 2.87. The Hall–Kier alpha value is -2.79. The number of benzene rings is 2. The first kappa shape index (κ1) is 15.7. The smallest absolute Gasteiger partial charge is 0.254 e. The summed E-state index contributed by atoms with van der Waals surface area (Å²) in [7, 11) is 1.79. The molecular formula is C19H16ClN3O2. The van der Waals surface area contributed by atoms with E-state index in [1.807, 2.05) is 30.3 Å². The zero-order valence-electron chi connectivity index (χ0n) is 13.6. The molecule has 1 aromatic heterocycles. The number of fused-ring (bicyclic) bond motifs is 2. The minimum atomic E-state index is -0.126. The fourth-order valence-corrected chi connectivity index (χ4v) is 3.31. The summed E-state index contributed by atoms with van der Waals surface area (Å²) in [5.41, 5.74) is 3.88. The van der Waals surface area contributed by atoms with Crippen molar-refractivity contribution in [2.24, 2.45) is 0 Å². The van der Waals surface area contributed by atoms with E-state index in [2.05, 4.69) is 10.3 Å². The number of nitrogens with zero attached hydrogens (tertiary/aromatic N) is 1. The van der Waals surface area contributed by atoms with Crippen molar-refractivity contribution in [1.29, 1.82) is 0 Å². The normalized spacial score (nSPS) is 13.4. The molecule has 0 saturated carbocycles. The molecule has 2 aromatic carbocycles. The van der Waals surface area contributed by atoms with Crippen LogP contribution in [0.25, 0.3) is 10.9 Å². The lowest BCUT2D eigenvalue weighted by molar-refractivity contribution is 0.0816. The molecule has 0 radical (unpaired) electrons. The summed E-state index contributed by atoms with van der Waals surface area (Å²) >= 11 is 6.02. The summed E-state index contributed by atoms with van der Waals surface area (Å²) in [6.07, 6.45) is 0. The molecule has 2 N–H and O–H groups in total. The Kier molecular flexibility index (Phi) is 3.73. The van der Waals surface area contributed by atoms with Crippen LogP contribution in [-0.2, 0) is 13.1 Å². The van der Waals surface area contributed by atoms with Crippen LogP contribution >= 0.6 is 11.6 Å². The summed E-state index contributed by atoms with van der Waals surface area (Å²) < 4.78 is 0. The number of anilines is 1. The average Bonchev–Trinajstić information content (AvgIpc) is 2.87. The lowest BCUT2D eigenvalue weighted by Crippen LogP contribution is -2.17. The predicted octanol–water partition coefficient (Wildman–Crippen LogP) is 3.38. The zero-order valence-corrected chi connectivity index (χ0v) is 14.4. The van der Waals surface area contributed by atoms with Crippen molar-refractivity contribution in [3.63, 3.8) is 0 Å². The highest BCUT2D eigenvalue weighted by Gasteiger charge is 2.24. The lowest BCUT2D eigenvalue weighted by atomic mass is 10.1. The molecule has 126 valence electrons. The maximum atomic E-state index is 12.2. The molecule has 0 saturated heterocycles. The van der Waals surface area contributed by atoms with E-state index in [0.29, 0.717) is 23.7 Å². The number of halogens is 1. The van der Waals surface area contributed by atoms with Gasteiger partial charge in [0.15, 0.2) is 0 Å². The van der Waals surface area contributed by atoms with E-state index in [4.69, 9.17) is 11.6 Å². The van der Waals surface area contributed by atoms with Crippen molar-refractivity contribution < 1.29 is 4.79 Å². The molecule has 6 heteroatoms. The first-order valence-corrected chi connectivity index (χ1v) is 8.33. The monoisotopic (exact) mass is 353 g/mol. The third-order valence-corrected chi connectivity index (χ3v) is 4.69. The van der Waals surface area contributed by atoms with Gasteiger partial charge in [-0.05, 0) is 48.0 Å². The molecule has 1 amide bonds. The summed E-state index contributed by atoms with van der Waals surface area (Å²) in [4.78, 5) is 28.7. The minimum Gasteiger partial charge on any atom is -0.381 e. The Balaban J connectivity index is 1.59. The molecule has 2 heterocycles. The molecule has 3 aromatic rings. The summed E-state index contributed by atoms with van der Waals surface area (Å²) in [6.45, 7) is 0.999. The lowest BCUT2D eigenvalue weighted by Gasteiger charge is -2.08. The van der Waals surface area contributed by atoms with Crippen molar-refractivity contribution >= 4 is 34.1 Å². The van der Waals surface area contributed by atoms with Gasteiger partial charge in [0.1, 0.15) is 0 Å². The van der Waals surface area contributed by atoms with Gasteiger partial charge in [0.05, 0.1) is 0 Å². The maximum absolute atomic E-state index is 12.2. The van der Waals surface area contributed by atoms with Crippen LogP contribution in [0.15, 0.2) is 47.3 Å². The number of carbonyl (C=O) groups excluding carboxylic acids is 1. The Morgan fingerprint density at radius 2 is 2.00 bits per heavy atom. The highest BCUT2D eigenvalue weighted by molar-refractivity contribution is 6.31. The first-order valence-electron chi connectivity index (χ1n) is 7.95. The molecule has 4 rings (SSSR count). The predicted molar refractivity (Wildman–Crippen MR) is 99.1 cm³/mol. The van der Waals surface area contributed by atoms with Gasteiger partial charge in [0, 0.05) is 52.9 Å². The molecule has 25 heavy (non-hydrogen) atoms. The fourth-order valence-electron chi connectivity index (χ4n) is 3.13. The van der Waals surface area contributed by atoms with E-state index in [1.165, 1.54) is 0 Å². The Morgan fingerprint density at radius 1 is 1.16 bits per heavy atom. The van der Waals surface area contributed by atoms with Gasteiger partial charge in [-0.25, -0.2) is 0 Å². The molecule has 0 fully saturated rings. The number of aromatic amines is 1. The molecule has 0 aliphatic carbocycles. The number of aromatic nitrogens is 1. The van der Waals surface area contributed by atoms with E-state index in [-0.39, 0.29) is 11.5 Å². The highest BCUT2D eigenvalue weighted by Crippen LogP contribution is 2.25. The fraction of sp³-hybridized carbons (Fsp3) is 0.158. The number of hydrogen-bond acceptors (Lipinski definition) is 3. The first-order chi connectivity index (χ1) is 12.0. The van der Waals surface area contributed by atoms with Crippen LogP contribution in [0.1, 0.15) is 21.5 Å². The molecule has 0 atom stereocenters. The number of rotatable bonds is 3. The Bertz CT molecular complexity index is 1060. The van der Waals surface area contributed by atoms with Crippen molar-refractivity contribution in [1.82, 2.24) is 9.88 Å². The van der Waals surface area contributed by atoms with Crippen molar-refractivity contribution in [2.45, 2.75) is 13.1 Å². The number of H-pyrrole nitrogens is 1. The maximum Gasteiger partial charge on any atom is 0.254 e. The Labute approximate surface area is 149 Å². The number of nitrogens with one attached hydrogen (secondary N) is 2. The van der Waals surface area contributed by atoms with Gasteiger partial charge < -0.3 is 15.2 Å². The third-order valence-electron chi connectivity index (χ3n) is 4.46. The minimum absolute atomic E-state index is 0.0457. The van der Waals surface area contributed by atoms with E-state index < -0.39 is 0 Å². The summed E-state index contributed by atoms with van der Waals surface area (Å²) in [5, 5.41) is 4.78. The van der Waals surface area contributed by atoms with Gasteiger partial charge in [-0.3, -0.25) is 9.59 Å². The molecule has 0 unspecified atom stereocenters. The van der Waals surface area contributed by atoms with Crippen molar-refractivity contribution in [2.75, 3.05) is 12.4 Å². The Morgan fingerprint density at radius 3 is 2.84 bits per heavy atom. The topological polar surface area (TPSA) is 65.2 Å². The van der Waals surface area contributed by atoms with Gasteiger partial charge >= 0.3 is 0 Å². The van der Waals surface area contributed by atoms with Gasteiger partial charge in [0.25, 0.3) is 11.5 Å². The highest BCUT2D eigenvalue weighted by atomic mass is 35.5. The standard InChI is InChI=1S/C19H16ClN3O2/c1-23-10-13-8-15(3-4-16(13)19(23)25)21-9-12-6-11-7-14(20)2-5-17(11)22-18(12)24/h2-8,21H,9-10H2,1H3,(H,22,24). The largest absolute Gasteiger partial charge is 0.381 e. The van der Waals surface area contributed by atoms with Gasteiger partial charge in [-0.1, -0.05) is 11.6 Å². The van der Waals surface area contributed by atoms with Crippen LogP contribution in [0.5, 0.6) is 0 Å². The quantitative estimate of drug-likeness (QED) is 0.758. The molecule has 5 nitrogen and oxygen atoms in total. The van der Waals surface area contributed by atoms with E-state index >= 15 is 0 Å². The van der Waals surface area contributed by atoms with E-state index in [0.717, 1.165) is 27.7 Å². The SMILES string of the molecule is CN1Cc2cc(NCc3cc4cc(Cl)ccc4[nH]c3=O)ccc2C1=O. The summed E-state index contributed by atoms with van der Waals surface area (Å²) in [6, 6.07) is 12.9. The van der Waals surface area contributed by atoms with Crippen LogP contribution in [0, 0.1) is 0 Å². The van der Waals surface area contributed by atoms with Gasteiger partial charge in [-0.15, -0.1) is 0 Å². The summed E-state index contributed by atoms with van der Waals surface area (Å²) in [5.74, 6) is 0.0457. The van der Waals surface area contributed by atoms with Crippen LogP contribution in [-0.4, -0.2) is 22.8 Å². The number of pyridine rings is 1. The molecule has 1 aliphatic rings. The van der Waals surface area contributed by atoms with Crippen molar-refractivity contribution in [3.05, 3.63) is 74.5 Å². The van der Waals surface area contributed by atoms with Gasteiger partial charge in [0.2, 0.25) is 0 Å². The molecule has 1 aliphatic heterocycles. The second kappa shape index (κ2) is 5.93. The van der Waals surface area contributed by atoms with Crippen LogP contribution in [0.3, 0.4) is 0 Å². The number of carbonyl (C=O) groups is 1. The second-order valence-corrected chi connectivity index (χ2v) is 6.68. The second-order valence-electron chi connectivity index (χ2n) is 6.24.